The maximum Gasteiger partial charge on any atom is 0.407 e. The zero-order valence-corrected chi connectivity index (χ0v) is 23.5. The molecule has 0 spiro atoms. The van der Waals surface area contributed by atoms with E-state index < -0.39 is 21.8 Å². The fraction of sp³-hybridized carbons (Fsp3) is 0.333. The summed E-state index contributed by atoms with van der Waals surface area (Å²) in [5, 5.41) is 2.73. The Morgan fingerprint density at radius 1 is 0.872 bits per heavy atom. The molecular formula is C30H35NO7S. The number of aryl methyl sites for hydroxylation is 1. The average molecular weight is 554 g/mol. The van der Waals surface area contributed by atoms with Gasteiger partial charge in [0.15, 0.2) is 0 Å². The summed E-state index contributed by atoms with van der Waals surface area (Å²) in [5.74, 6) is -0.507. The molecule has 1 atom stereocenters. The maximum atomic E-state index is 12.6. The van der Waals surface area contributed by atoms with Crippen LogP contribution in [0.3, 0.4) is 0 Å². The Labute approximate surface area is 230 Å². The van der Waals surface area contributed by atoms with Crippen LogP contribution in [-0.4, -0.2) is 32.6 Å². The summed E-state index contributed by atoms with van der Waals surface area (Å²) < 4.78 is 41.2. The molecular weight excluding hydrogens is 518 g/mol. The van der Waals surface area contributed by atoms with Crippen LogP contribution in [-0.2, 0) is 37.4 Å². The molecule has 39 heavy (non-hydrogen) atoms. The second kappa shape index (κ2) is 13.3. The predicted octanol–water partition coefficient (Wildman–Crippen LogP) is 5.58. The molecule has 0 saturated carbocycles. The van der Waals surface area contributed by atoms with Crippen LogP contribution in [0.25, 0.3) is 0 Å². The summed E-state index contributed by atoms with van der Waals surface area (Å²) in [4.78, 5) is 24.9. The highest BCUT2D eigenvalue weighted by Gasteiger charge is 2.21. The largest absolute Gasteiger partial charge is 0.461 e. The van der Waals surface area contributed by atoms with Gasteiger partial charge < -0.3 is 19.0 Å². The molecule has 0 aliphatic heterocycles. The standard InChI is InChI=1S/C30H35NO7S/c1-22-10-16-27(17-11-22)39(34,35)38-26-14-12-23(13-15-26)18-25(20-31-29(33)37-30(2,3)4)19-28(32)36-21-24-8-6-5-7-9-24/h5-17,25H,18-21H2,1-4H3,(H,31,33). The second-order valence-electron chi connectivity index (χ2n) is 10.3. The van der Waals surface area contributed by atoms with Crippen molar-refractivity contribution >= 4 is 22.2 Å². The van der Waals surface area contributed by atoms with Crippen LogP contribution in [0.2, 0.25) is 0 Å². The number of ether oxygens (including phenoxy) is 2. The van der Waals surface area contributed by atoms with E-state index in [1.54, 1.807) is 57.2 Å². The Kier molecular flexibility index (Phi) is 10.1. The highest BCUT2D eigenvalue weighted by Crippen LogP contribution is 2.22. The van der Waals surface area contributed by atoms with E-state index in [2.05, 4.69) is 5.32 Å². The molecule has 1 amide bonds. The summed E-state index contributed by atoms with van der Waals surface area (Å²) in [6, 6.07) is 22.4. The second-order valence-corrected chi connectivity index (χ2v) is 11.8. The van der Waals surface area contributed by atoms with Gasteiger partial charge in [-0.3, -0.25) is 4.79 Å². The zero-order chi connectivity index (χ0) is 28.5. The number of esters is 1. The molecule has 0 saturated heterocycles. The lowest BCUT2D eigenvalue weighted by atomic mass is 9.96. The summed E-state index contributed by atoms with van der Waals surface area (Å²) in [7, 11) is -3.97. The summed E-state index contributed by atoms with van der Waals surface area (Å²) in [6.07, 6.45) is -0.0700. The molecule has 3 aromatic carbocycles. The van der Waals surface area contributed by atoms with Crippen molar-refractivity contribution < 1.29 is 31.7 Å². The van der Waals surface area contributed by atoms with Gasteiger partial charge in [-0.05, 0) is 75.4 Å². The molecule has 0 bridgehead atoms. The number of hydrogen-bond donors (Lipinski definition) is 1. The molecule has 1 N–H and O–H groups in total. The molecule has 0 aromatic heterocycles. The van der Waals surface area contributed by atoms with E-state index in [9.17, 15) is 18.0 Å². The molecule has 208 valence electrons. The molecule has 8 nitrogen and oxygen atoms in total. The monoisotopic (exact) mass is 553 g/mol. The summed E-state index contributed by atoms with van der Waals surface area (Å²) in [5.41, 5.74) is 2.01. The fourth-order valence-corrected chi connectivity index (χ4v) is 4.62. The van der Waals surface area contributed by atoms with Gasteiger partial charge in [0.25, 0.3) is 0 Å². The first-order chi connectivity index (χ1) is 18.4. The SMILES string of the molecule is Cc1ccc(S(=O)(=O)Oc2ccc(CC(CNC(=O)OC(C)(C)C)CC(=O)OCc3ccccc3)cc2)cc1. The number of rotatable bonds is 11. The third-order valence-electron chi connectivity index (χ3n) is 5.60. The van der Waals surface area contributed by atoms with Crippen molar-refractivity contribution in [3.05, 3.63) is 95.6 Å². The Morgan fingerprint density at radius 2 is 1.51 bits per heavy atom. The first-order valence-electron chi connectivity index (χ1n) is 12.7. The molecule has 0 aliphatic rings. The van der Waals surface area contributed by atoms with Gasteiger partial charge in [-0.25, -0.2) is 4.79 Å². The van der Waals surface area contributed by atoms with Gasteiger partial charge in [-0.15, -0.1) is 0 Å². The van der Waals surface area contributed by atoms with E-state index in [0.29, 0.717) is 6.42 Å². The van der Waals surface area contributed by atoms with E-state index in [1.165, 1.54) is 12.1 Å². The van der Waals surface area contributed by atoms with Crippen molar-refractivity contribution in [1.29, 1.82) is 0 Å². The lowest BCUT2D eigenvalue weighted by Gasteiger charge is -2.22. The number of nitrogens with one attached hydrogen (secondary N) is 1. The fourth-order valence-electron chi connectivity index (χ4n) is 3.69. The first kappa shape index (κ1) is 29.7. The third kappa shape index (κ3) is 10.4. The summed E-state index contributed by atoms with van der Waals surface area (Å²) >= 11 is 0. The lowest BCUT2D eigenvalue weighted by molar-refractivity contribution is -0.146. The van der Waals surface area contributed by atoms with E-state index in [1.807, 2.05) is 37.3 Å². The minimum absolute atomic E-state index is 0.0690. The Morgan fingerprint density at radius 3 is 2.13 bits per heavy atom. The molecule has 3 rings (SSSR count). The first-order valence-corrected chi connectivity index (χ1v) is 14.1. The van der Waals surface area contributed by atoms with E-state index in [-0.39, 0.29) is 42.1 Å². The molecule has 0 radical (unpaired) electrons. The van der Waals surface area contributed by atoms with Gasteiger partial charge in [0.2, 0.25) is 0 Å². The number of benzene rings is 3. The van der Waals surface area contributed by atoms with Crippen molar-refractivity contribution in [3.63, 3.8) is 0 Å². The van der Waals surface area contributed by atoms with Crippen molar-refractivity contribution in [2.24, 2.45) is 5.92 Å². The van der Waals surface area contributed by atoms with Gasteiger partial charge in [0.05, 0.1) is 6.42 Å². The van der Waals surface area contributed by atoms with Crippen LogP contribution in [0, 0.1) is 12.8 Å². The quantitative estimate of drug-likeness (QED) is 0.244. The number of hydrogen-bond acceptors (Lipinski definition) is 7. The van der Waals surface area contributed by atoms with Crippen molar-refractivity contribution in [2.45, 2.75) is 57.6 Å². The van der Waals surface area contributed by atoms with Crippen LogP contribution in [0.4, 0.5) is 4.79 Å². The minimum Gasteiger partial charge on any atom is -0.461 e. The van der Waals surface area contributed by atoms with Gasteiger partial charge in [-0.2, -0.15) is 8.42 Å². The predicted molar refractivity (Wildman–Crippen MR) is 148 cm³/mol. The molecule has 3 aromatic rings. The Hall–Kier alpha value is -3.85. The number of alkyl carbamates (subject to hydrolysis) is 1. The van der Waals surface area contributed by atoms with Crippen molar-refractivity contribution in [3.8, 4) is 5.75 Å². The van der Waals surface area contributed by atoms with E-state index in [0.717, 1.165) is 16.7 Å². The maximum absolute atomic E-state index is 12.6. The molecule has 0 fully saturated rings. The van der Waals surface area contributed by atoms with Crippen LogP contribution < -0.4 is 9.50 Å². The van der Waals surface area contributed by atoms with Crippen LogP contribution in [0.1, 0.15) is 43.9 Å². The molecule has 9 heteroatoms. The smallest absolute Gasteiger partial charge is 0.407 e. The molecule has 0 heterocycles. The number of carbonyl (C=O) groups is 2. The third-order valence-corrected chi connectivity index (χ3v) is 6.86. The van der Waals surface area contributed by atoms with Gasteiger partial charge >= 0.3 is 22.2 Å². The van der Waals surface area contributed by atoms with Crippen molar-refractivity contribution in [1.82, 2.24) is 5.32 Å². The van der Waals surface area contributed by atoms with Crippen LogP contribution in [0.5, 0.6) is 5.75 Å². The van der Waals surface area contributed by atoms with Gasteiger partial charge in [0, 0.05) is 6.54 Å². The number of carbonyl (C=O) groups excluding carboxylic acids is 2. The van der Waals surface area contributed by atoms with E-state index in [4.69, 9.17) is 13.7 Å². The van der Waals surface area contributed by atoms with E-state index >= 15 is 0 Å². The minimum atomic E-state index is -3.97. The van der Waals surface area contributed by atoms with Crippen molar-refractivity contribution in [2.75, 3.05) is 6.54 Å². The topological polar surface area (TPSA) is 108 Å². The highest BCUT2D eigenvalue weighted by molar-refractivity contribution is 7.87. The lowest BCUT2D eigenvalue weighted by Crippen LogP contribution is -2.36. The number of amides is 1. The summed E-state index contributed by atoms with van der Waals surface area (Å²) in [6.45, 7) is 7.53. The van der Waals surface area contributed by atoms with Crippen LogP contribution in [0.15, 0.2) is 83.8 Å². The molecule has 1 unspecified atom stereocenters. The Balaban J connectivity index is 1.64. The molecule has 0 aliphatic carbocycles. The highest BCUT2D eigenvalue weighted by atomic mass is 32.2. The van der Waals surface area contributed by atoms with Crippen LogP contribution >= 0.6 is 0 Å². The zero-order valence-electron chi connectivity index (χ0n) is 22.7. The van der Waals surface area contributed by atoms with Gasteiger partial charge in [0.1, 0.15) is 22.9 Å². The average Bonchev–Trinajstić information content (AvgIpc) is 2.87. The van der Waals surface area contributed by atoms with Gasteiger partial charge in [-0.1, -0.05) is 60.2 Å². The normalized spacial score (nSPS) is 12.3. The Bertz CT molecular complexity index is 1330.